The summed E-state index contributed by atoms with van der Waals surface area (Å²) in [6.07, 6.45) is 9.55. The summed E-state index contributed by atoms with van der Waals surface area (Å²) in [7, 11) is 3.66. The third-order valence-electron chi connectivity index (χ3n) is 12.8. The summed E-state index contributed by atoms with van der Waals surface area (Å²) < 4.78 is 17.3. The van der Waals surface area contributed by atoms with Crippen LogP contribution < -0.4 is 40.4 Å². The Morgan fingerprint density at radius 1 is 0.845 bits per heavy atom. The second-order valence-corrected chi connectivity index (χ2v) is 17.8. The van der Waals surface area contributed by atoms with Gasteiger partial charge in [-0.2, -0.15) is 0 Å². The lowest BCUT2D eigenvalue weighted by Crippen LogP contribution is -2.53. The van der Waals surface area contributed by atoms with Crippen molar-refractivity contribution in [2.45, 2.75) is 96.2 Å². The first-order chi connectivity index (χ1) is 34.6. The topological polar surface area (TPSA) is 218 Å². The minimum Gasteiger partial charge on any atom is -0.486 e. The number of carbonyl (C=O) groups excluding carboxylic acids is 5. The highest BCUT2D eigenvalue weighted by atomic mass is 16.6. The predicted molar refractivity (Wildman–Crippen MR) is 270 cm³/mol. The zero-order chi connectivity index (χ0) is 50.1. The van der Waals surface area contributed by atoms with Gasteiger partial charge in [0.05, 0.1) is 18.5 Å². The Labute approximate surface area is 413 Å². The van der Waals surface area contributed by atoms with Crippen molar-refractivity contribution in [1.29, 1.82) is 0 Å². The molecule has 5 aromatic rings. The van der Waals surface area contributed by atoms with Crippen molar-refractivity contribution in [3.05, 3.63) is 102 Å². The maximum atomic E-state index is 13.4. The molecule has 4 heterocycles. The molecule has 71 heavy (non-hydrogen) atoms. The average Bonchev–Trinajstić information content (AvgIpc) is 3.66. The number of nitrogens with one attached hydrogen (secondary N) is 4. The van der Waals surface area contributed by atoms with Crippen LogP contribution in [-0.4, -0.2) is 97.5 Å². The van der Waals surface area contributed by atoms with Gasteiger partial charge in [-0.3, -0.25) is 39.0 Å². The highest BCUT2D eigenvalue weighted by molar-refractivity contribution is 6.27. The van der Waals surface area contributed by atoms with Gasteiger partial charge in [0.2, 0.25) is 29.5 Å². The number of piperidine rings is 1. The van der Waals surface area contributed by atoms with E-state index in [0.29, 0.717) is 67.8 Å². The monoisotopic (exact) mass is 969 g/mol. The van der Waals surface area contributed by atoms with Crippen LogP contribution in [-0.2, 0) is 37.1 Å². The van der Waals surface area contributed by atoms with Gasteiger partial charge in [0.25, 0.3) is 12.4 Å². The molecule has 0 bridgehead atoms. The van der Waals surface area contributed by atoms with E-state index in [2.05, 4.69) is 45.3 Å². The Hall–Kier alpha value is -7.53. The number of anilines is 3. The number of carboxylic acid groups (broad SMARTS) is 1. The Kier molecular flexibility index (Phi) is 18.3. The van der Waals surface area contributed by atoms with Gasteiger partial charge in [-0.15, -0.1) is 0 Å². The SMILES string of the molecule is COc1nc(-c2cccc3c2OCCO3)ccc1Nc1ccc(CN(C)CCNC(=O)CCCCCCCCCCC(=O)NCc2ccc3c4c(cccc24)C(=O)N3C2CCC(=O)NC2=O)cc1.O=CO. The minimum atomic E-state index is -0.737. The number of unbranched alkanes of at least 4 members (excludes halogenated alkanes) is 7. The smallest absolute Gasteiger partial charge is 0.290 e. The van der Waals surface area contributed by atoms with Gasteiger partial charge in [0.15, 0.2) is 11.5 Å². The van der Waals surface area contributed by atoms with Crippen LogP contribution in [0.3, 0.4) is 0 Å². The van der Waals surface area contributed by atoms with Crippen molar-refractivity contribution < 1.29 is 48.1 Å². The third-order valence-corrected chi connectivity index (χ3v) is 12.8. The molecular weight excluding hydrogens is 907 g/mol. The number of aromatic nitrogens is 1. The summed E-state index contributed by atoms with van der Waals surface area (Å²) in [5.41, 5.74) is 6.50. The molecule has 0 spiro atoms. The number of para-hydroxylation sites is 1. The van der Waals surface area contributed by atoms with E-state index in [1.807, 2.05) is 66.7 Å². The van der Waals surface area contributed by atoms with E-state index < -0.39 is 11.9 Å². The van der Waals surface area contributed by atoms with E-state index >= 15 is 0 Å². The highest BCUT2D eigenvalue weighted by Crippen LogP contribution is 2.42. The van der Waals surface area contributed by atoms with E-state index in [-0.39, 0.29) is 42.9 Å². The van der Waals surface area contributed by atoms with Gasteiger partial charge < -0.3 is 40.2 Å². The Bertz CT molecular complexity index is 2690. The molecule has 1 saturated heterocycles. The molecule has 1 unspecified atom stereocenters. The molecule has 1 fully saturated rings. The molecule has 0 saturated carbocycles. The predicted octanol–water partition coefficient (Wildman–Crippen LogP) is 7.66. The molecular formula is C54H63N7O10. The number of likely N-dealkylation sites (N-methyl/N-ethyl adjacent to an activating group) is 1. The number of imide groups is 1. The molecule has 4 aromatic carbocycles. The molecule has 0 radical (unpaired) electrons. The second kappa shape index (κ2) is 25.4. The van der Waals surface area contributed by atoms with E-state index in [4.69, 9.17) is 29.1 Å². The number of nitrogens with zero attached hydrogens (tertiary/aromatic N) is 3. The number of pyridine rings is 1. The largest absolute Gasteiger partial charge is 0.486 e. The fourth-order valence-corrected chi connectivity index (χ4v) is 9.20. The molecule has 5 amide bonds. The number of hydrogen-bond acceptors (Lipinski definition) is 12. The first kappa shape index (κ1) is 51.3. The number of carbonyl (C=O) groups is 6. The number of rotatable bonds is 23. The number of hydrogen-bond donors (Lipinski definition) is 5. The summed E-state index contributed by atoms with van der Waals surface area (Å²) in [6, 6.07) is 26.4. The quantitative estimate of drug-likeness (QED) is 0.0242. The summed E-state index contributed by atoms with van der Waals surface area (Å²) >= 11 is 0. The molecule has 1 atom stereocenters. The van der Waals surface area contributed by atoms with Crippen molar-refractivity contribution in [2.24, 2.45) is 0 Å². The van der Waals surface area contributed by atoms with Crippen molar-refractivity contribution in [3.8, 4) is 28.6 Å². The fourth-order valence-electron chi connectivity index (χ4n) is 9.20. The number of amides is 5. The van der Waals surface area contributed by atoms with Gasteiger partial charge in [0, 0.05) is 67.6 Å². The van der Waals surface area contributed by atoms with Gasteiger partial charge in [0.1, 0.15) is 24.9 Å². The zero-order valence-electron chi connectivity index (χ0n) is 40.4. The summed E-state index contributed by atoms with van der Waals surface area (Å²) in [6.45, 7) is 3.21. The third kappa shape index (κ3) is 13.4. The van der Waals surface area contributed by atoms with Crippen LogP contribution in [0.5, 0.6) is 17.4 Å². The second-order valence-electron chi connectivity index (χ2n) is 17.8. The molecule has 0 aliphatic carbocycles. The molecule has 3 aliphatic rings. The van der Waals surface area contributed by atoms with Gasteiger partial charge in [-0.1, -0.05) is 74.9 Å². The lowest BCUT2D eigenvalue weighted by atomic mass is 10.00. The van der Waals surface area contributed by atoms with Crippen LogP contribution >= 0.6 is 0 Å². The summed E-state index contributed by atoms with van der Waals surface area (Å²) in [4.78, 5) is 79.8. The molecule has 8 rings (SSSR count). The maximum absolute atomic E-state index is 13.4. The van der Waals surface area contributed by atoms with Crippen LogP contribution in [0, 0.1) is 0 Å². The highest BCUT2D eigenvalue weighted by Gasteiger charge is 2.41. The number of methoxy groups -OCH3 is 1. The zero-order valence-corrected chi connectivity index (χ0v) is 40.4. The van der Waals surface area contributed by atoms with E-state index in [1.54, 1.807) is 13.2 Å². The van der Waals surface area contributed by atoms with Crippen LogP contribution in [0.4, 0.5) is 17.1 Å². The van der Waals surface area contributed by atoms with Gasteiger partial charge in [-0.05, 0) is 91.4 Å². The van der Waals surface area contributed by atoms with E-state index in [0.717, 1.165) is 109 Å². The molecule has 17 nitrogen and oxygen atoms in total. The first-order valence-corrected chi connectivity index (χ1v) is 24.4. The van der Waals surface area contributed by atoms with Gasteiger partial charge >= 0.3 is 0 Å². The Morgan fingerprint density at radius 2 is 1.52 bits per heavy atom. The van der Waals surface area contributed by atoms with Crippen molar-refractivity contribution >= 4 is 63.8 Å². The molecule has 1 aromatic heterocycles. The average molecular weight is 970 g/mol. The van der Waals surface area contributed by atoms with Crippen molar-refractivity contribution in [3.63, 3.8) is 0 Å². The van der Waals surface area contributed by atoms with Crippen LogP contribution in [0.25, 0.3) is 22.0 Å². The Balaban J connectivity index is 0.00000241. The molecule has 5 N–H and O–H groups in total. The van der Waals surface area contributed by atoms with Gasteiger partial charge in [-0.25, -0.2) is 4.98 Å². The first-order valence-electron chi connectivity index (χ1n) is 24.4. The van der Waals surface area contributed by atoms with E-state index in [1.165, 1.54) is 4.90 Å². The summed E-state index contributed by atoms with van der Waals surface area (Å²) in [5, 5.41) is 20.4. The normalized spacial score (nSPS) is 14.7. The number of ether oxygens (including phenoxy) is 3. The molecule has 17 heteroatoms. The number of benzene rings is 4. The minimum absolute atomic E-state index is 0.00749. The standard InChI is InChI=1S/C53H61N7O8.CH2O2/c1-59(34-35-19-22-37(23-20-35)56-42-25-24-41(57-52(42)66-2)39-14-12-16-45-50(39)68-32-31-67-45)30-29-54-46(61)17-9-7-5-3-4-6-8-10-18-47(62)55-33-36-21-26-43-49-38(36)13-11-15-40(49)53(65)60(43)44-27-28-48(63)58-51(44)64;2-1-3/h11-16,19-26,44,56H,3-10,17-18,27-34H2,1-2H3,(H,54,61)(H,55,62)(H,58,63,64);1H,(H,2,3). The molecule has 3 aliphatic heterocycles. The van der Waals surface area contributed by atoms with Crippen molar-refractivity contribution in [2.75, 3.05) is 50.7 Å². The molecule has 374 valence electrons. The maximum Gasteiger partial charge on any atom is 0.290 e. The summed E-state index contributed by atoms with van der Waals surface area (Å²) in [5.74, 6) is 0.936. The van der Waals surface area contributed by atoms with Crippen LogP contribution in [0.2, 0.25) is 0 Å². The fraction of sp³-hybridized carbons (Fsp3) is 0.389. The lowest BCUT2D eigenvalue weighted by molar-refractivity contribution is -0.134. The van der Waals surface area contributed by atoms with Crippen molar-refractivity contribution in [1.82, 2.24) is 25.8 Å². The lowest BCUT2D eigenvalue weighted by Gasteiger charge is -2.30. The number of fused-ring (bicyclic) bond motifs is 1. The Morgan fingerprint density at radius 3 is 2.24 bits per heavy atom. The van der Waals surface area contributed by atoms with Crippen LogP contribution in [0.15, 0.2) is 84.9 Å². The van der Waals surface area contributed by atoms with Crippen LogP contribution in [0.1, 0.15) is 98.5 Å². The van der Waals surface area contributed by atoms with E-state index in [9.17, 15) is 24.0 Å².